The van der Waals surface area contributed by atoms with Gasteiger partial charge in [0.15, 0.2) is 0 Å². The van der Waals surface area contributed by atoms with Crippen LogP contribution in [0.25, 0.3) is 22.3 Å². The Morgan fingerprint density at radius 1 is 1.29 bits per heavy atom. The topological polar surface area (TPSA) is 87.9 Å². The van der Waals surface area contributed by atoms with E-state index >= 15 is 0 Å². The lowest BCUT2D eigenvalue weighted by Crippen LogP contribution is -2.33. The van der Waals surface area contributed by atoms with Gasteiger partial charge in [0.1, 0.15) is 28.8 Å². The van der Waals surface area contributed by atoms with Crippen LogP contribution in [0, 0.1) is 11.3 Å². The number of fused-ring (bicyclic) bond motifs is 5. The van der Waals surface area contributed by atoms with Crippen molar-refractivity contribution >= 4 is 16.8 Å². The van der Waals surface area contributed by atoms with Gasteiger partial charge in [0.25, 0.3) is 0 Å². The average molecular weight is 316 g/mol. The number of rotatable bonds is 1. The first-order valence-corrected chi connectivity index (χ1v) is 8.22. The van der Waals surface area contributed by atoms with Crippen LogP contribution in [0.3, 0.4) is 0 Å². The molecule has 24 heavy (non-hydrogen) atoms. The summed E-state index contributed by atoms with van der Waals surface area (Å²) in [6.07, 6.45) is 3.04. The van der Waals surface area contributed by atoms with E-state index in [0.29, 0.717) is 23.2 Å². The Morgan fingerprint density at radius 2 is 2.17 bits per heavy atom. The van der Waals surface area contributed by atoms with Crippen LogP contribution in [0.5, 0.6) is 0 Å². The molecule has 2 aliphatic heterocycles. The predicted octanol–water partition coefficient (Wildman–Crippen LogP) is 3.30. The number of nitriles is 1. The summed E-state index contributed by atoms with van der Waals surface area (Å²) in [7, 11) is 0. The zero-order valence-electron chi connectivity index (χ0n) is 13.0. The zero-order valence-corrected chi connectivity index (χ0v) is 13.0. The highest BCUT2D eigenvalue weighted by Gasteiger charge is 2.37. The fraction of sp³-hybridized carbons (Fsp3) is 0.263. The van der Waals surface area contributed by atoms with E-state index in [0.717, 1.165) is 47.1 Å². The zero-order chi connectivity index (χ0) is 16.3. The van der Waals surface area contributed by atoms with Crippen LogP contribution < -0.4 is 11.1 Å². The van der Waals surface area contributed by atoms with Gasteiger partial charge in [-0.1, -0.05) is 18.2 Å². The summed E-state index contributed by atoms with van der Waals surface area (Å²) in [5.74, 6) is 0.998. The van der Waals surface area contributed by atoms with Crippen molar-refractivity contribution in [1.29, 1.82) is 5.26 Å². The van der Waals surface area contributed by atoms with E-state index in [4.69, 9.17) is 10.2 Å². The Balaban J connectivity index is 1.84. The fourth-order valence-electron chi connectivity index (χ4n) is 4.11. The molecule has 2 atom stereocenters. The van der Waals surface area contributed by atoms with E-state index in [2.05, 4.69) is 16.4 Å². The van der Waals surface area contributed by atoms with Crippen LogP contribution in [0.15, 0.2) is 34.7 Å². The van der Waals surface area contributed by atoms with Gasteiger partial charge in [-0.05, 0) is 25.0 Å². The minimum absolute atomic E-state index is 0.224. The monoisotopic (exact) mass is 316 g/mol. The Kier molecular flexibility index (Phi) is 2.73. The van der Waals surface area contributed by atoms with Crippen LogP contribution in [0.4, 0.5) is 5.82 Å². The van der Waals surface area contributed by atoms with Gasteiger partial charge in [0.05, 0.1) is 0 Å². The number of nitrogens with zero attached hydrogens (tertiary/aromatic N) is 2. The fourth-order valence-corrected chi connectivity index (χ4v) is 4.11. The summed E-state index contributed by atoms with van der Waals surface area (Å²) in [5.41, 5.74) is 10.2. The van der Waals surface area contributed by atoms with Gasteiger partial charge >= 0.3 is 0 Å². The average Bonchev–Trinajstić information content (AvgIpc) is 3.17. The molecule has 0 aliphatic carbocycles. The molecule has 1 saturated heterocycles. The second kappa shape index (κ2) is 4.83. The van der Waals surface area contributed by atoms with Gasteiger partial charge in [0, 0.05) is 40.7 Å². The third-order valence-corrected chi connectivity index (χ3v) is 5.15. The maximum Gasteiger partial charge on any atom is 0.142 e. The van der Waals surface area contributed by atoms with E-state index in [-0.39, 0.29) is 6.04 Å². The number of hydrogen-bond donors (Lipinski definition) is 2. The SMILES string of the molecule is N#Cc1c(N)nc2c(c1-c1cc3ccccc3o1)[C@@H]1CC[C@H](C2)N1. The normalized spacial score (nSPS) is 21.6. The highest BCUT2D eigenvalue weighted by atomic mass is 16.3. The number of pyridine rings is 1. The van der Waals surface area contributed by atoms with Crippen molar-refractivity contribution in [1.82, 2.24) is 10.3 Å². The highest BCUT2D eigenvalue weighted by Crippen LogP contribution is 2.44. The number of furan rings is 1. The van der Waals surface area contributed by atoms with Gasteiger partial charge < -0.3 is 15.5 Å². The molecule has 3 aromatic rings. The molecule has 5 nitrogen and oxygen atoms in total. The van der Waals surface area contributed by atoms with E-state index in [9.17, 15) is 5.26 Å². The van der Waals surface area contributed by atoms with Crippen LogP contribution in [-0.4, -0.2) is 11.0 Å². The summed E-state index contributed by atoms with van der Waals surface area (Å²) in [6.45, 7) is 0. The molecule has 1 fully saturated rings. The number of nitrogens with two attached hydrogens (primary N) is 1. The number of nitrogen functional groups attached to an aromatic ring is 1. The second-order valence-corrected chi connectivity index (χ2v) is 6.57. The molecule has 3 N–H and O–H groups in total. The van der Waals surface area contributed by atoms with Crippen LogP contribution in [0.1, 0.15) is 35.7 Å². The quantitative estimate of drug-likeness (QED) is 0.719. The van der Waals surface area contributed by atoms with Crippen LogP contribution in [0.2, 0.25) is 0 Å². The second-order valence-electron chi connectivity index (χ2n) is 6.57. The minimum atomic E-state index is 0.224. The molecule has 0 saturated carbocycles. The number of nitrogens with one attached hydrogen (secondary N) is 1. The third kappa shape index (κ3) is 1.81. The lowest BCUT2D eigenvalue weighted by atomic mass is 9.90. The van der Waals surface area contributed by atoms with Crippen molar-refractivity contribution in [2.75, 3.05) is 5.73 Å². The molecule has 2 bridgehead atoms. The minimum Gasteiger partial charge on any atom is -0.456 e. The maximum absolute atomic E-state index is 9.67. The standard InChI is InChI=1S/C19H16N4O/c20-9-12-17(16-7-10-3-1-2-4-15(10)24-16)18-13-6-5-11(22-13)8-14(18)23-19(12)21/h1-4,7,11,13,22H,5-6,8H2,(H2,21,23)/t11-,13+/m1/s1. The molecule has 118 valence electrons. The molecule has 0 radical (unpaired) electrons. The van der Waals surface area contributed by atoms with E-state index in [1.54, 1.807) is 0 Å². The molecule has 0 spiro atoms. The first kappa shape index (κ1) is 13.6. The summed E-state index contributed by atoms with van der Waals surface area (Å²) < 4.78 is 6.06. The first-order valence-electron chi connectivity index (χ1n) is 8.22. The highest BCUT2D eigenvalue weighted by molar-refractivity contribution is 5.86. The maximum atomic E-state index is 9.67. The van der Waals surface area contributed by atoms with Crippen molar-refractivity contribution in [3.8, 4) is 17.4 Å². The van der Waals surface area contributed by atoms with E-state index in [1.807, 2.05) is 30.3 Å². The molecule has 0 unspecified atom stereocenters. The van der Waals surface area contributed by atoms with E-state index < -0.39 is 0 Å². The number of para-hydroxylation sites is 1. The molecule has 5 rings (SSSR count). The molecule has 1 aromatic carbocycles. The summed E-state index contributed by atoms with van der Waals surface area (Å²) >= 11 is 0. The molecule has 5 heteroatoms. The number of anilines is 1. The van der Waals surface area contributed by atoms with Crippen LogP contribution >= 0.6 is 0 Å². The van der Waals surface area contributed by atoms with E-state index in [1.165, 1.54) is 0 Å². The molecular formula is C19H16N4O. The van der Waals surface area contributed by atoms with Crippen molar-refractivity contribution in [3.05, 3.63) is 47.2 Å². The number of aromatic nitrogens is 1. The van der Waals surface area contributed by atoms with Gasteiger partial charge in [-0.15, -0.1) is 0 Å². The van der Waals surface area contributed by atoms with Gasteiger partial charge in [0.2, 0.25) is 0 Å². The lowest BCUT2D eigenvalue weighted by molar-refractivity contribution is 0.506. The van der Waals surface area contributed by atoms with Crippen molar-refractivity contribution < 1.29 is 4.42 Å². The summed E-state index contributed by atoms with van der Waals surface area (Å²) in [4.78, 5) is 4.54. The third-order valence-electron chi connectivity index (χ3n) is 5.15. The molecular weight excluding hydrogens is 300 g/mol. The Hall–Kier alpha value is -2.84. The lowest BCUT2D eigenvalue weighted by Gasteiger charge is -2.26. The number of benzene rings is 1. The molecule has 4 heterocycles. The smallest absolute Gasteiger partial charge is 0.142 e. The van der Waals surface area contributed by atoms with Gasteiger partial charge in [-0.25, -0.2) is 4.98 Å². The Morgan fingerprint density at radius 3 is 3.00 bits per heavy atom. The predicted molar refractivity (Wildman–Crippen MR) is 91.2 cm³/mol. The largest absolute Gasteiger partial charge is 0.456 e. The first-order chi connectivity index (χ1) is 11.7. The molecule has 2 aliphatic rings. The summed E-state index contributed by atoms with van der Waals surface area (Å²) in [5, 5.41) is 14.3. The van der Waals surface area contributed by atoms with Crippen molar-refractivity contribution in [2.24, 2.45) is 0 Å². The Labute approximate surface area is 139 Å². The summed E-state index contributed by atoms with van der Waals surface area (Å²) in [6, 6.07) is 12.8. The Bertz CT molecular complexity index is 981. The van der Waals surface area contributed by atoms with Crippen LogP contribution in [-0.2, 0) is 6.42 Å². The van der Waals surface area contributed by atoms with Crippen molar-refractivity contribution in [3.63, 3.8) is 0 Å². The number of hydrogen-bond acceptors (Lipinski definition) is 5. The van der Waals surface area contributed by atoms with Crippen molar-refractivity contribution in [2.45, 2.75) is 31.3 Å². The van der Waals surface area contributed by atoms with Gasteiger partial charge in [-0.3, -0.25) is 0 Å². The van der Waals surface area contributed by atoms with Gasteiger partial charge in [-0.2, -0.15) is 5.26 Å². The molecule has 2 aromatic heterocycles. The molecule has 0 amide bonds.